The van der Waals surface area contributed by atoms with Crippen molar-refractivity contribution >= 4 is 11.9 Å². The van der Waals surface area contributed by atoms with Gasteiger partial charge in [0.1, 0.15) is 11.5 Å². The molecule has 2 aromatic rings. The third-order valence-electron chi connectivity index (χ3n) is 3.82. The molecule has 1 atom stereocenters. The number of amides is 1. The molecule has 6 heteroatoms. The normalized spacial score (nSPS) is 14.0. The maximum absolute atomic E-state index is 12.3. The van der Waals surface area contributed by atoms with Crippen molar-refractivity contribution in [2.24, 2.45) is 0 Å². The average molecular weight is 315 g/mol. The average Bonchev–Trinajstić information content (AvgIpc) is 3.09. The van der Waals surface area contributed by atoms with Gasteiger partial charge in [0.05, 0.1) is 6.61 Å². The molecular formula is C17H17NO5. The van der Waals surface area contributed by atoms with Gasteiger partial charge < -0.3 is 19.6 Å². The quantitative estimate of drug-likeness (QED) is 0.904. The maximum atomic E-state index is 12.3. The third kappa shape index (κ3) is 2.92. The van der Waals surface area contributed by atoms with Crippen LogP contribution >= 0.6 is 0 Å². The van der Waals surface area contributed by atoms with E-state index in [9.17, 15) is 14.7 Å². The first-order valence-electron chi connectivity index (χ1n) is 7.32. The van der Waals surface area contributed by atoms with Crippen LogP contribution in [0, 0.1) is 13.8 Å². The minimum Gasteiger partial charge on any atom is -0.493 e. The third-order valence-corrected chi connectivity index (χ3v) is 3.82. The lowest BCUT2D eigenvalue weighted by atomic mass is 10.0. The number of benzene rings is 1. The van der Waals surface area contributed by atoms with Crippen molar-refractivity contribution in [3.05, 3.63) is 52.5 Å². The van der Waals surface area contributed by atoms with E-state index < -0.39 is 17.9 Å². The van der Waals surface area contributed by atoms with Crippen molar-refractivity contribution in [2.45, 2.75) is 26.3 Å². The second kappa shape index (κ2) is 5.79. The first-order chi connectivity index (χ1) is 11.0. The Kier molecular flexibility index (Phi) is 3.82. The van der Waals surface area contributed by atoms with Gasteiger partial charge in [-0.1, -0.05) is 6.07 Å². The zero-order chi connectivity index (χ0) is 16.6. The highest BCUT2D eigenvalue weighted by Crippen LogP contribution is 2.28. The Morgan fingerprint density at radius 3 is 2.70 bits per heavy atom. The molecule has 3 rings (SSSR count). The largest absolute Gasteiger partial charge is 0.493 e. The summed E-state index contributed by atoms with van der Waals surface area (Å²) in [6.45, 7) is 4.07. The number of furan rings is 1. The van der Waals surface area contributed by atoms with Gasteiger partial charge in [0.25, 0.3) is 5.91 Å². The van der Waals surface area contributed by atoms with Crippen molar-refractivity contribution in [3.63, 3.8) is 0 Å². The highest BCUT2D eigenvalue weighted by molar-refractivity contribution is 5.95. The minimum absolute atomic E-state index is 0.137. The summed E-state index contributed by atoms with van der Waals surface area (Å²) in [5, 5.41) is 12.0. The molecule has 0 bridgehead atoms. The topological polar surface area (TPSA) is 88.8 Å². The number of carboxylic acid groups (broad SMARTS) is 1. The summed E-state index contributed by atoms with van der Waals surface area (Å²) in [5.41, 5.74) is 2.13. The van der Waals surface area contributed by atoms with Crippen LogP contribution in [0.5, 0.6) is 5.75 Å². The van der Waals surface area contributed by atoms with E-state index >= 15 is 0 Å². The van der Waals surface area contributed by atoms with E-state index in [0.717, 1.165) is 17.7 Å². The summed E-state index contributed by atoms with van der Waals surface area (Å²) in [6, 6.07) is 5.75. The number of rotatable bonds is 4. The lowest BCUT2D eigenvalue weighted by Crippen LogP contribution is -2.33. The predicted molar refractivity (Wildman–Crippen MR) is 81.7 cm³/mol. The van der Waals surface area contributed by atoms with Crippen LogP contribution in [0.15, 0.2) is 28.7 Å². The van der Waals surface area contributed by atoms with Crippen molar-refractivity contribution < 1.29 is 23.8 Å². The van der Waals surface area contributed by atoms with Crippen molar-refractivity contribution in [3.8, 4) is 5.75 Å². The van der Waals surface area contributed by atoms with Gasteiger partial charge in [-0.05, 0) is 43.2 Å². The zero-order valence-corrected chi connectivity index (χ0v) is 12.9. The fourth-order valence-electron chi connectivity index (χ4n) is 2.74. The standard InChI is InChI=1S/C17H17NO5/c1-9-7-10(2)23-15(9)16(19)18-14(17(20)21)12-3-4-13-11(8-12)5-6-22-13/h3-4,7-8,14H,5-6H2,1-2H3,(H,18,19)(H,20,21). The zero-order valence-electron chi connectivity index (χ0n) is 12.9. The molecule has 2 N–H and O–H groups in total. The van der Waals surface area contributed by atoms with Crippen molar-refractivity contribution in [1.82, 2.24) is 5.32 Å². The summed E-state index contributed by atoms with van der Waals surface area (Å²) >= 11 is 0. The van der Waals surface area contributed by atoms with Crippen LogP contribution in [0.1, 0.15) is 39.0 Å². The van der Waals surface area contributed by atoms with E-state index in [4.69, 9.17) is 9.15 Å². The number of nitrogens with one attached hydrogen (secondary N) is 1. The van der Waals surface area contributed by atoms with Gasteiger partial charge in [-0.3, -0.25) is 4.79 Å². The Bertz CT molecular complexity index is 777. The molecule has 6 nitrogen and oxygen atoms in total. The second-order valence-electron chi connectivity index (χ2n) is 5.58. The smallest absolute Gasteiger partial charge is 0.330 e. The Morgan fingerprint density at radius 2 is 2.04 bits per heavy atom. The molecule has 0 aliphatic carbocycles. The van der Waals surface area contributed by atoms with E-state index in [2.05, 4.69) is 5.32 Å². The summed E-state index contributed by atoms with van der Waals surface area (Å²) in [6.07, 6.45) is 0.736. The molecule has 0 spiro atoms. The SMILES string of the molecule is Cc1cc(C)c(C(=O)NC(C(=O)O)c2ccc3c(c2)CCO3)o1. The molecule has 23 heavy (non-hydrogen) atoms. The molecule has 1 aromatic heterocycles. The van der Waals surface area contributed by atoms with Gasteiger partial charge in [0, 0.05) is 12.0 Å². The second-order valence-corrected chi connectivity index (χ2v) is 5.58. The first kappa shape index (κ1) is 15.1. The molecule has 1 amide bonds. The molecule has 0 fully saturated rings. The number of carboxylic acids is 1. The van der Waals surface area contributed by atoms with Crippen LogP contribution < -0.4 is 10.1 Å². The van der Waals surface area contributed by atoms with Crippen LogP contribution in [-0.2, 0) is 11.2 Å². The number of carbonyl (C=O) groups excluding carboxylic acids is 1. The molecule has 0 saturated heterocycles. The van der Waals surface area contributed by atoms with Gasteiger partial charge in [0.15, 0.2) is 11.8 Å². The van der Waals surface area contributed by atoms with Crippen molar-refractivity contribution in [2.75, 3.05) is 6.61 Å². The number of aliphatic carboxylic acids is 1. The lowest BCUT2D eigenvalue weighted by Gasteiger charge is -2.15. The molecule has 0 radical (unpaired) electrons. The number of carbonyl (C=O) groups is 2. The van der Waals surface area contributed by atoms with E-state index in [1.165, 1.54) is 0 Å². The number of ether oxygens (including phenoxy) is 1. The molecule has 1 aliphatic heterocycles. The molecule has 2 heterocycles. The van der Waals surface area contributed by atoms with Gasteiger partial charge in [-0.25, -0.2) is 4.79 Å². The first-order valence-corrected chi connectivity index (χ1v) is 7.32. The summed E-state index contributed by atoms with van der Waals surface area (Å²) < 4.78 is 10.8. The van der Waals surface area contributed by atoms with Crippen LogP contribution in [0.25, 0.3) is 0 Å². The van der Waals surface area contributed by atoms with Gasteiger partial charge in [-0.15, -0.1) is 0 Å². The van der Waals surface area contributed by atoms with Crippen LogP contribution in [0.2, 0.25) is 0 Å². The van der Waals surface area contributed by atoms with E-state index in [-0.39, 0.29) is 5.76 Å². The van der Waals surface area contributed by atoms with Gasteiger partial charge in [0.2, 0.25) is 0 Å². The predicted octanol–water partition coefficient (Wildman–Crippen LogP) is 2.39. The van der Waals surface area contributed by atoms with Crippen LogP contribution in [-0.4, -0.2) is 23.6 Å². The Balaban J connectivity index is 1.86. The number of fused-ring (bicyclic) bond motifs is 1. The maximum Gasteiger partial charge on any atom is 0.330 e. The number of hydrogen-bond acceptors (Lipinski definition) is 4. The van der Waals surface area contributed by atoms with Gasteiger partial charge in [-0.2, -0.15) is 0 Å². The molecule has 1 unspecified atom stereocenters. The Morgan fingerprint density at radius 1 is 1.26 bits per heavy atom. The van der Waals surface area contributed by atoms with E-state index in [0.29, 0.717) is 23.5 Å². The fraction of sp³-hybridized carbons (Fsp3) is 0.294. The molecule has 120 valence electrons. The van der Waals surface area contributed by atoms with Crippen LogP contribution in [0.4, 0.5) is 0 Å². The molecular weight excluding hydrogens is 298 g/mol. The van der Waals surface area contributed by atoms with E-state index in [1.807, 2.05) is 0 Å². The molecule has 0 saturated carbocycles. The highest BCUT2D eigenvalue weighted by atomic mass is 16.5. The summed E-state index contributed by atoms with van der Waals surface area (Å²) in [4.78, 5) is 23.9. The number of hydrogen-bond donors (Lipinski definition) is 2. The minimum atomic E-state index is -1.14. The number of aryl methyl sites for hydroxylation is 2. The summed E-state index contributed by atoms with van der Waals surface area (Å²) in [5.74, 6) is -0.160. The van der Waals surface area contributed by atoms with Gasteiger partial charge >= 0.3 is 5.97 Å². The monoisotopic (exact) mass is 315 g/mol. The Labute approximate surface area is 133 Å². The highest BCUT2D eigenvalue weighted by Gasteiger charge is 2.26. The van der Waals surface area contributed by atoms with Crippen LogP contribution in [0.3, 0.4) is 0 Å². The van der Waals surface area contributed by atoms with E-state index in [1.54, 1.807) is 38.1 Å². The fourth-order valence-corrected chi connectivity index (χ4v) is 2.74. The molecule has 1 aromatic carbocycles. The molecule has 1 aliphatic rings. The summed E-state index contributed by atoms with van der Waals surface area (Å²) in [7, 11) is 0. The lowest BCUT2D eigenvalue weighted by molar-refractivity contribution is -0.139. The van der Waals surface area contributed by atoms with Crippen molar-refractivity contribution in [1.29, 1.82) is 0 Å². The Hall–Kier alpha value is -2.76.